The lowest BCUT2D eigenvalue weighted by molar-refractivity contribution is 0.0633. The first-order valence-electron chi connectivity index (χ1n) is 12.9. The number of fused-ring (bicyclic) bond motifs is 2. The van der Waals surface area contributed by atoms with Crippen LogP contribution in [0.2, 0.25) is 0 Å². The second-order valence-corrected chi connectivity index (χ2v) is 10.4. The summed E-state index contributed by atoms with van der Waals surface area (Å²) in [6, 6.07) is 5.61. The van der Waals surface area contributed by atoms with E-state index in [1.165, 1.54) is 17.3 Å². The monoisotopic (exact) mass is 506 g/mol. The third-order valence-electron chi connectivity index (χ3n) is 7.44. The quantitative estimate of drug-likeness (QED) is 0.469. The molecule has 3 heterocycles. The van der Waals surface area contributed by atoms with Gasteiger partial charge in [0.05, 0.1) is 31.1 Å². The van der Waals surface area contributed by atoms with Crippen molar-refractivity contribution in [3.05, 3.63) is 70.6 Å². The first kappa shape index (κ1) is 25.2. The Kier molecular flexibility index (Phi) is 6.66. The molecule has 0 unspecified atom stereocenters. The van der Waals surface area contributed by atoms with Crippen LogP contribution < -0.4 is 10.1 Å². The van der Waals surface area contributed by atoms with Gasteiger partial charge in [-0.25, -0.2) is 9.37 Å². The summed E-state index contributed by atoms with van der Waals surface area (Å²) >= 11 is 0. The van der Waals surface area contributed by atoms with Gasteiger partial charge in [-0.1, -0.05) is 6.07 Å². The van der Waals surface area contributed by atoms with E-state index in [1.807, 2.05) is 36.6 Å². The lowest BCUT2D eigenvalue weighted by Gasteiger charge is -2.40. The number of amides is 1. The van der Waals surface area contributed by atoms with Gasteiger partial charge in [0.1, 0.15) is 0 Å². The average molecular weight is 507 g/mol. The summed E-state index contributed by atoms with van der Waals surface area (Å²) in [6.45, 7) is 6.14. The molecule has 0 bridgehead atoms. The molecular formula is C28H35FN6O2. The van der Waals surface area contributed by atoms with Crippen LogP contribution in [0, 0.1) is 5.82 Å². The molecule has 1 fully saturated rings. The lowest BCUT2D eigenvalue weighted by Crippen LogP contribution is -2.45. The van der Waals surface area contributed by atoms with Crippen LogP contribution in [-0.2, 0) is 18.5 Å². The molecule has 1 spiro atoms. The molecule has 9 heteroatoms. The van der Waals surface area contributed by atoms with E-state index in [4.69, 9.17) is 4.74 Å². The molecule has 1 aromatic carbocycles. The first-order chi connectivity index (χ1) is 17.8. The summed E-state index contributed by atoms with van der Waals surface area (Å²) in [4.78, 5) is 26.8. The van der Waals surface area contributed by atoms with E-state index in [9.17, 15) is 9.18 Å². The Balaban J connectivity index is 1.55. The molecule has 8 nitrogen and oxygen atoms in total. The standard InChI is InChI=1S/C28H35FN6O2/c1-6-37-24-13-23(32-14-22(24)29)18(2)35-17-28(7-8-28)25-20(16-33(4)5)11-19(12-21(25)26(35)36)15-34-10-9-31-27(34)30-3/h9-14,18H,6-8,15-17H2,1-5H3,(H,30,31)/t18-/m0/s1. The minimum absolute atomic E-state index is 0.00885. The predicted octanol–water partition coefficient (Wildman–Crippen LogP) is 4.22. The minimum atomic E-state index is -0.495. The first-order valence-corrected chi connectivity index (χ1v) is 12.9. The number of aromatic nitrogens is 3. The smallest absolute Gasteiger partial charge is 0.254 e. The molecule has 1 amide bonds. The molecule has 1 saturated carbocycles. The molecule has 5 rings (SSSR count). The average Bonchev–Trinajstić information content (AvgIpc) is 3.49. The van der Waals surface area contributed by atoms with E-state index in [-0.39, 0.29) is 23.1 Å². The number of nitrogens with zero attached hydrogens (tertiary/aromatic N) is 5. The molecule has 2 aromatic heterocycles. The van der Waals surface area contributed by atoms with E-state index in [0.717, 1.165) is 36.5 Å². The van der Waals surface area contributed by atoms with Gasteiger partial charge in [0, 0.05) is 49.6 Å². The number of anilines is 1. The molecule has 1 aliphatic carbocycles. The highest BCUT2D eigenvalue weighted by Crippen LogP contribution is 2.55. The molecular weight excluding hydrogens is 471 g/mol. The molecule has 37 heavy (non-hydrogen) atoms. The number of hydrogen-bond acceptors (Lipinski definition) is 6. The van der Waals surface area contributed by atoms with Crippen LogP contribution in [0.5, 0.6) is 5.75 Å². The van der Waals surface area contributed by atoms with Crippen LogP contribution in [0.15, 0.2) is 36.8 Å². The van der Waals surface area contributed by atoms with Gasteiger partial charge in [0.15, 0.2) is 11.6 Å². The van der Waals surface area contributed by atoms with E-state index < -0.39 is 5.82 Å². The van der Waals surface area contributed by atoms with Crippen molar-refractivity contribution in [1.29, 1.82) is 0 Å². The number of halogens is 1. The van der Waals surface area contributed by atoms with Crippen molar-refractivity contribution in [1.82, 2.24) is 24.3 Å². The summed E-state index contributed by atoms with van der Waals surface area (Å²) in [7, 11) is 5.97. The number of nitrogens with one attached hydrogen (secondary N) is 1. The highest BCUT2D eigenvalue weighted by atomic mass is 19.1. The number of benzene rings is 1. The fourth-order valence-corrected chi connectivity index (χ4v) is 5.57. The third-order valence-corrected chi connectivity index (χ3v) is 7.44. The number of pyridine rings is 1. The second kappa shape index (κ2) is 9.78. The number of carbonyl (C=O) groups is 1. The summed E-state index contributed by atoms with van der Waals surface area (Å²) in [6.07, 6.45) is 6.98. The Morgan fingerprint density at radius 1 is 1.24 bits per heavy atom. The van der Waals surface area contributed by atoms with Crippen LogP contribution in [0.4, 0.5) is 10.3 Å². The SMILES string of the molecule is CCOc1cc([C@H](C)N2CC3(CC3)c3c(CN(C)C)cc(Cn4ccnc4NC)cc3C2=O)ncc1F. The van der Waals surface area contributed by atoms with E-state index in [2.05, 4.69) is 46.4 Å². The molecule has 3 aromatic rings. The molecule has 0 saturated heterocycles. The summed E-state index contributed by atoms with van der Waals surface area (Å²) < 4.78 is 21.7. The number of ether oxygens (including phenoxy) is 1. The van der Waals surface area contributed by atoms with Gasteiger partial charge in [-0.15, -0.1) is 0 Å². The molecule has 1 N–H and O–H groups in total. The van der Waals surface area contributed by atoms with Gasteiger partial charge in [-0.05, 0) is 63.5 Å². The fraction of sp³-hybridized carbons (Fsp3) is 0.464. The van der Waals surface area contributed by atoms with Crippen molar-refractivity contribution in [2.45, 2.75) is 51.2 Å². The molecule has 0 radical (unpaired) electrons. The van der Waals surface area contributed by atoms with E-state index >= 15 is 0 Å². The van der Waals surface area contributed by atoms with Crippen LogP contribution in [-0.4, -0.2) is 64.5 Å². The molecule has 2 aliphatic rings. The molecule has 196 valence electrons. The van der Waals surface area contributed by atoms with E-state index in [0.29, 0.717) is 25.4 Å². The largest absolute Gasteiger partial charge is 0.491 e. The van der Waals surface area contributed by atoms with Crippen LogP contribution in [0.1, 0.15) is 65.5 Å². The summed E-state index contributed by atoms with van der Waals surface area (Å²) in [5, 5.41) is 3.12. The zero-order valence-electron chi connectivity index (χ0n) is 22.2. The maximum Gasteiger partial charge on any atom is 0.254 e. The van der Waals surface area contributed by atoms with Crippen molar-refractivity contribution < 1.29 is 13.9 Å². The van der Waals surface area contributed by atoms with Crippen molar-refractivity contribution in [3.8, 4) is 5.75 Å². The lowest BCUT2D eigenvalue weighted by atomic mass is 9.81. The van der Waals surface area contributed by atoms with Crippen LogP contribution in [0.3, 0.4) is 0 Å². The zero-order valence-corrected chi connectivity index (χ0v) is 22.2. The van der Waals surface area contributed by atoms with Crippen molar-refractivity contribution in [2.24, 2.45) is 0 Å². The summed E-state index contributed by atoms with van der Waals surface area (Å²) in [5.74, 6) is 0.441. The van der Waals surface area contributed by atoms with Crippen molar-refractivity contribution >= 4 is 11.9 Å². The Morgan fingerprint density at radius 3 is 2.70 bits per heavy atom. The van der Waals surface area contributed by atoms with Gasteiger partial charge in [-0.2, -0.15) is 0 Å². The van der Waals surface area contributed by atoms with Gasteiger partial charge in [-0.3, -0.25) is 9.78 Å². The summed E-state index contributed by atoms with van der Waals surface area (Å²) in [5.41, 5.74) is 4.81. The molecule has 1 aliphatic heterocycles. The van der Waals surface area contributed by atoms with Gasteiger partial charge >= 0.3 is 0 Å². The van der Waals surface area contributed by atoms with Crippen LogP contribution in [0.25, 0.3) is 0 Å². The highest BCUT2D eigenvalue weighted by molar-refractivity contribution is 5.98. The van der Waals surface area contributed by atoms with Crippen molar-refractivity contribution in [2.75, 3.05) is 39.6 Å². The Morgan fingerprint density at radius 2 is 2.03 bits per heavy atom. The third kappa shape index (κ3) is 4.68. The Labute approximate surface area is 217 Å². The predicted molar refractivity (Wildman–Crippen MR) is 140 cm³/mol. The second-order valence-electron chi connectivity index (χ2n) is 10.4. The fourth-order valence-electron chi connectivity index (χ4n) is 5.57. The van der Waals surface area contributed by atoms with Gasteiger partial charge < -0.3 is 24.4 Å². The number of carbonyl (C=O) groups excluding carboxylic acids is 1. The number of hydrogen-bond donors (Lipinski definition) is 1. The maximum absolute atomic E-state index is 14.2. The highest BCUT2D eigenvalue weighted by Gasteiger charge is 2.53. The molecule has 1 atom stereocenters. The Hall–Kier alpha value is -3.46. The van der Waals surface area contributed by atoms with E-state index in [1.54, 1.807) is 12.3 Å². The number of imidazole rings is 1. The zero-order chi connectivity index (χ0) is 26.3. The van der Waals surface area contributed by atoms with Crippen molar-refractivity contribution in [3.63, 3.8) is 0 Å². The Bertz CT molecular complexity index is 1320. The van der Waals surface area contributed by atoms with Gasteiger partial charge in [0.2, 0.25) is 5.95 Å². The van der Waals surface area contributed by atoms with Gasteiger partial charge in [0.25, 0.3) is 5.91 Å². The van der Waals surface area contributed by atoms with Crippen LogP contribution >= 0.6 is 0 Å². The topological polar surface area (TPSA) is 75.5 Å². The maximum atomic E-state index is 14.2. The normalized spacial score (nSPS) is 16.7. The minimum Gasteiger partial charge on any atom is -0.491 e. The number of rotatable bonds is 9.